The number of halogens is 2. The second-order valence-corrected chi connectivity index (χ2v) is 6.63. The Bertz CT molecular complexity index is 525. The maximum Gasteiger partial charge on any atom is 0.306 e. The fourth-order valence-electron chi connectivity index (χ4n) is 2.22. The summed E-state index contributed by atoms with van der Waals surface area (Å²) in [6, 6.07) is 5.23. The van der Waals surface area contributed by atoms with Crippen molar-refractivity contribution in [1.29, 1.82) is 0 Å². The molecule has 0 unspecified atom stereocenters. The zero-order chi connectivity index (χ0) is 15.4. The zero-order valence-electron chi connectivity index (χ0n) is 11.2. The fourth-order valence-corrected chi connectivity index (χ4v) is 3.81. The van der Waals surface area contributed by atoms with Crippen LogP contribution in [0.2, 0.25) is 10.0 Å². The predicted molar refractivity (Wildman–Crippen MR) is 84.1 cm³/mol. The fraction of sp³-hybridized carbons (Fsp3) is 0.429. The van der Waals surface area contributed by atoms with Gasteiger partial charge in [-0.1, -0.05) is 29.3 Å². The van der Waals surface area contributed by atoms with E-state index in [1.54, 1.807) is 23.1 Å². The third-order valence-corrected chi connectivity index (χ3v) is 5.43. The number of rotatable bonds is 4. The summed E-state index contributed by atoms with van der Waals surface area (Å²) in [6.07, 6.45) is 1.02. The highest BCUT2D eigenvalue weighted by atomic mass is 35.5. The van der Waals surface area contributed by atoms with Crippen molar-refractivity contribution in [3.05, 3.63) is 28.2 Å². The first-order chi connectivity index (χ1) is 9.99. The van der Waals surface area contributed by atoms with Crippen molar-refractivity contribution < 1.29 is 14.7 Å². The van der Waals surface area contributed by atoms with E-state index in [4.69, 9.17) is 28.3 Å². The molecule has 0 aliphatic carbocycles. The molecular weight excluding hydrogens is 333 g/mol. The van der Waals surface area contributed by atoms with Crippen molar-refractivity contribution in [2.45, 2.75) is 17.7 Å². The van der Waals surface area contributed by atoms with Crippen LogP contribution in [0, 0.1) is 5.92 Å². The Balaban J connectivity index is 1.87. The van der Waals surface area contributed by atoms with E-state index in [1.165, 1.54) is 11.8 Å². The molecule has 21 heavy (non-hydrogen) atoms. The van der Waals surface area contributed by atoms with Crippen LogP contribution in [0.4, 0.5) is 0 Å². The van der Waals surface area contributed by atoms with Crippen molar-refractivity contribution in [2.24, 2.45) is 5.92 Å². The molecule has 0 saturated carbocycles. The van der Waals surface area contributed by atoms with Gasteiger partial charge in [0.15, 0.2) is 0 Å². The summed E-state index contributed by atoms with van der Waals surface area (Å²) in [6.45, 7) is 0.985. The van der Waals surface area contributed by atoms with Crippen molar-refractivity contribution in [3.8, 4) is 0 Å². The third-order valence-electron chi connectivity index (χ3n) is 3.46. The van der Waals surface area contributed by atoms with Gasteiger partial charge in [-0.2, -0.15) is 0 Å². The maximum absolute atomic E-state index is 12.1. The van der Waals surface area contributed by atoms with Crippen molar-refractivity contribution in [1.82, 2.24) is 4.90 Å². The lowest BCUT2D eigenvalue weighted by atomic mass is 9.97. The van der Waals surface area contributed by atoms with Crippen molar-refractivity contribution >= 4 is 46.8 Å². The third kappa shape index (κ3) is 4.28. The van der Waals surface area contributed by atoms with Gasteiger partial charge in [0.2, 0.25) is 5.91 Å². The summed E-state index contributed by atoms with van der Waals surface area (Å²) in [5, 5.41) is 10.0. The molecule has 1 heterocycles. The van der Waals surface area contributed by atoms with Gasteiger partial charge >= 0.3 is 5.97 Å². The van der Waals surface area contributed by atoms with Gasteiger partial charge < -0.3 is 10.0 Å². The number of likely N-dealkylation sites (tertiary alicyclic amines) is 1. The Hall–Kier alpha value is -0.910. The summed E-state index contributed by atoms with van der Waals surface area (Å²) >= 11 is 13.4. The van der Waals surface area contributed by atoms with Crippen LogP contribution >= 0.6 is 35.0 Å². The summed E-state index contributed by atoms with van der Waals surface area (Å²) in [7, 11) is 0. The van der Waals surface area contributed by atoms with Crippen LogP contribution in [0.25, 0.3) is 0 Å². The number of carbonyl (C=O) groups excluding carboxylic acids is 1. The maximum atomic E-state index is 12.1. The number of carbonyl (C=O) groups is 2. The number of aliphatic carboxylic acids is 1. The molecule has 1 amide bonds. The summed E-state index contributed by atoms with van der Waals surface area (Å²) in [5.74, 6) is -0.875. The van der Waals surface area contributed by atoms with Gasteiger partial charge in [0.25, 0.3) is 0 Å². The zero-order valence-corrected chi connectivity index (χ0v) is 13.5. The Morgan fingerprint density at radius 3 is 2.33 bits per heavy atom. The minimum Gasteiger partial charge on any atom is -0.481 e. The molecule has 0 atom stereocenters. The number of carboxylic acids is 1. The Labute approximate surface area is 137 Å². The van der Waals surface area contributed by atoms with Gasteiger partial charge in [0, 0.05) is 18.0 Å². The molecule has 0 spiro atoms. The number of hydrogen-bond donors (Lipinski definition) is 1. The highest BCUT2D eigenvalue weighted by molar-refractivity contribution is 8.00. The minimum atomic E-state index is -0.778. The highest BCUT2D eigenvalue weighted by Gasteiger charge is 2.27. The predicted octanol–water partition coefficient (Wildman–Crippen LogP) is 3.41. The van der Waals surface area contributed by atoms with Crippen LogP contribution < -0.4 is 0 Å². The molecule has 2 rings (SSSR count). The van der Waals surface area contributed by atoms with Crippen molar-refractivity contribution in [2.75, 3.05) is 18.8 Å². The van der Waals surface area contributed by atoms with Crippen LogP contribution in [0.3, 0.4) is 0 Å². The Morgan fingerprint density at radius 1 is 1.24 bits per heavy atom. The average Bonchev–Trinajstić information content (AvgIpc) is 2.46. The molecule has 1 aromatic rings. The number of hydrogen-bond acceptors (Lipinski definition) is 3. The summed E-state index contributed by atoms with van der Waals surface area (Å²) in [4.78, 5) is 25.4. The largest absolute Gasteiger partial charge is 0.481 e. The standard InChI is InChI=1S/C14H15Cl2NO3S/c15-10-2-1-3-11(16)13(10)21-8-12(18)17-6-4-9(5-7-17)14(19)20/h1-3,9H,4-8H2,(H,19,20). The van der Waals surface area contributed by atoms with E-state index in [1.807, 2.05) is 0 Å². The van der Waals surface area contributed by atoms with E-state index in [0.717, 1.165) is 0 Å². The van der Waals surface area contributed by atoms with Gasteiger partial charge in [-0.25, -0.2) is 0 Å². The molecule has 114 valence electrons. The molecule has 0 radical (unpaired) electrons. The quantitative estimate of drug-likeness (QED) is 0.848. The number of nitrogens with zero attached hydrogens (tertiary/aromatic N) is 1. The second-order valence-electron chi connectivity index (χ2n) is 4.83. The van der Waals surface area contributed by atoms with Gasteiger partial charge in [-0.15, -0.1) is 11.8 Å². The number of thioether (sulfide) groups is 1. The Morgan fingerprint density at radius 2 is 1.81 bits per heavy atom. The molecule has 1 aliphatic rings. The molecule has 1 aliphatic heterocycles. The SMILES string of the molecule is O=C(O)C1CCN(C(=O)CSc2c(Cl)cccc2Cl)CC1. The van der Waals surface area contributed by atoms with E-state index in [-0.39, 0.29) is 17.6 Å². The van der Waals surface area contributed by atoms with Crippen molar-refractivity contribution in [3.63, 3.8) is 0 Å². The first kappa shape index (κ1) is 16.5. The molecule has 4 nitrogen and oxygen atoms in total. The average molecular weight is 348 g/mol. The Kier molecular flexibility index (Phi) is 5.79. The van der Waals surface area contributed by atoms with E-state index in [2.05, 4.69) is 0 Å². The molecular formula is C14H15Cl2NO3S. The topological polar surface area (TPSA) is 57.6 Å². The lowest BCUT2D eigenvalue weighted by Gasteiger charge is -2.30. The lowest BCUT2D eigenvalue weighted by molar-refractivity contribution is -0.145. The molecule has 1 aromatic carbocycles. The second kappa shape index (κ2) is 7.38. The molecule has 0 aromatic heterocycles. The highest BCUT2D eigenvalue weighted by Crippen LogP contribution is 2.34. The summed E-state index contributed by atoms with van der Waals surface area (Å²) < 4.78 is 0. The van der Waals surface area contributed by atoms with Gasteiger partial charge in [-0.3, -0.25) is 9.59 Å². The number of piperidine rings is 1. The number of benzene rings is 1. The van der Waals surface area contributed by atoms with E-state index < -0.39 is 5.97 Å². The lowest BCUT2D eigenvalue weighted by Crippen LogP contribution is -2.41. The van der Waals surface area contributed by atoms with Crippen LogP contribution in [0.15, 0.2) is 23.1 Å². The van der Waals surface area contributed by atoms with Crippen LogP contribution in [0.5, 0.6) is 0 Å². The van der Waals surface area contributed by atoms with E-state index in [0.29, 0.717) is 40.9 Å². The monoisotopic (exact) mass is 347 g/mol. The first-order valence-corrected chi connectivity index (χ1v) is 8.30. The number of amides is 1. The molecule has 1 N–H and O–H groups in total. The number of carboxylic acid groups (broad SMARTS) is 1. The summed E-state index contributed by atoms with van der Waals surface area (Å²) in [5.41, 5.74) is 0. The van der Waals surface area contributed by atoms with Gasteiger partial charge in [0.05, 0.1) is 21.7 Å². The van der Waals surface area contributed by atoms with E-state index in [9.17, 15) is 9.59 Å². The van der Waals surface area contributed by atoms with Gasteiger partial charge in [0.1, 0.15) is 0 Å². The normalized spacial score (nSPS) is 16.0. The molecule has 0 bridgehead atoms. The van der Waals surface area contributed by atoms with Gasteiger partial charge in [-0.05, 0) is 25.0 Å². The smallest absolute Gasteiger partial charge is 0.306 e. The minimum absolute atomic E-state index is 0.0141. The molecule has 1 saturated heterocycles. The first-order valence-electron chi connectivity index (χ1n) is 6.56. The van der Waals surface area contributed by atoms with Crippen LogP contribution in [-0.4, -0.2) is 40.7 Å². The molecule has 7 heteroatoms. The van der Waals surface area contributed by atoms with Crippen LogP contribution in [-0.2, 0) is 9.59 Å². The van der Waals surface area contributed by atoms with Crippen LogP contribution in [0.1, 0.15) is 12.8 Å². The van der Waals surface area contributed by atoms with E-state index >= 15 is 0 Å². The molecule has 1 fully saturated rings.